The fraction of sp³-hybridized carbons (Fsp3) is 0.643. The topological polar surface area (TPSA) is 16.1 Å². The minimum Gasteiger partial charge on any atom is -0.356 e. The maximum Gasteiger partial charge on any atom is 0.128 e. The molecule has 1 saturated carbocycles. The first-order valence-corrected chi connectivity index (χ1v) is 7.07. The van der Waals surface area contributed by atoms with Crippen molar-refractivity contribution in [1.82, 2.24) is 4.98 Å². The summed E-state index contributed by atoms with van der Waals surface area (Å²) in [5, 5.41) is 0.723. The van der Waals surface area contributed by atoms with Crippen LogP contribution in [0.25, 0.3) is 0 Å². The first-order valence-electron chi connectivity index (χ1n) is 6.69. The molecule has 92 valence electrons. The average molecular weight is 251 g/mol. The zero-order chi connectivity index (χ0) is 11.7. The average Bonchev–Trinajstić information content (AvgIpc) is 2.39. The summed E-state index contributed by atoms with van der Waals surface area (Å²) in [5.74, 6) is 2.97. The highest BCUT2D eigenvalue weighted by molar-refractivity contribution is 6.30. The largest absolute Gasteiger partial charge is 0.356 e. The van der Waals surface area contributed by atoms with Crippen LogP contribution < -0.4 is 4.90 Å². The second-order valence-corrected chi connectivity index (χ2v) is 5.81. The molecule has 0 radical (unpaired) electrons. The van der Waals surface area contributed by atoms with Gasteiger partial charge in [0.2, 0.25) is 0 Å². The molecule has 0 N–H and O–H groups in total. The van der Waals surface area contributed by atoms with Crippen LogP contribution in [-0.2, 0) is 0 Å². The van der Waals surface area contributed by atoms with Crippen LogP contribution in [0.2, 0.25) is 5.02 Å². The summed E-state index contributed by atoms with van der Waals surface area (Å²) in [4.78, 5) is 6.87. The van der Waals surface area contributed by atoms with E-state index < -0.39 is 0 Å². The SMILES string of the molecule is Clc1ccc(N2CCC3CCCCC3C2)nc1. The second kappa shape index (κ2) is 4.85. The predicted octanol–water partition coefficient (Wildman–Crippen LogP) is 3.75. The van der Waals surface area contributed by atoms with Crippen molar-refractivity contribution in [3.05, 3.63) is 23.4 Å². The third kappa shape index (κ3) is 2.42. The number of nitrogens with zero attached hydrogens (tertiary/aromatic N) is 2. The van der Waals surface area contributed by atoms with Gasteiger partial charge in [0.25, 0.3) is 0 Å². The Hall–Kier alpha value is -0.760. The zero-order valence-electron chi connectivity index (χ0n) is 10.1. The summed E-state index contributed by atoms with van der Waals surface area (Å²) in [6, 6.07) is 3.99. The summed E-state index contributed by atoms with van der Waals surface area (Å²) in [5.41, 5.74) is 0. The molecule has 2 nitrogen and oxygen atoms in total. The Morgan fingerprint density at radius 3 is 2.71 bits per heavy atom. The molecule has 2 heterocycles. The smallest absolute Gasteiger partial charge is 0.128 e. The van der Waals surface area contributed by atoms with Gasteiger partial charge in [0, 0.05) is 19.3 Å². The lowest BCUT2D eigenvalue weighted by atomic mass is 9.75. The van der Waals surface area contributed by atoms with Gasteiger partial charge in [0.05, 0.1) is 5.02 Å². The van der Waals surface area contributed by atoms with E-state index in [1.165, 1.54) is 38.6 Å². The number of anilines is 1. The number of hydrogen-bond donors (Lipinski definition) is 0. The fourth-order valence-electron chi connectivity index (χ4n) is 3.36. The molecule has 1 saturated heterocycles. The van der Waals surface area contributed by atoms with Crippen LogP contribution >= 0.6 is 11.6 Å². The Kier molecular flexibility index (Phi) is 3.24. The molecular formula is C14H19ClN2. The molecule has 2 fully saturated rings. The molecule has 2 atom stereocenters. The van der Waals surface area contributed by atoms with Crippen molar-refractivity contribution in [2.24, 2.45) is 11.8 Å². The van der Waals surface area contributed by atoms with Gasteiger partial charge in [0.1, 0.15) is 5.82 Å². The molecule has 0 aromatic carbocycles. The zero-order valence-corrected chi connectivity index (χ0v) is 10.9. The fourth-order valence-corrected chi connectivity index (χ4v) is 3.48. The Morgan fingerprint density at radius 2 is 1.94 bits per heavy atom. The number of aromatic nitrogens is 1. The third-order valence-electron chi connectivity index (χ3n) is 4.33. The molecule has 1 aliphatic carbocycles. The van der Waals surface area contributed by atoms with E-state index in [2.05, 4.69) is 9.88 Å². The van der Waals surface area contributed by atoms with Crippen molar-refractivity contribution in [2.45, 2.75) is 32.1 Å². The van der Waals surface area contributed by atoms with E-state index in [0.717, 1.165) is 29.2 Å². The summed E-state index contributed by atoms with van der Waals surface area (Å²) in [7, 11) is 0. The normalized spacial score (nSPS) is 28.9. The van der Waals surface area contributed by atoms with Gasteiger partial charge in [0.15, 0.2) is 0 Å². The van der Waals surface area contributed by atoms with E-state index in [4.69, 9.17) is 11.6 Å². The third-order valence-corrected chi connectivity index (χ3v) is 4.55. The Morgan fingerprint density at radius 1 is 1.12 bits per heavy atom. The standard InChI is InChI=1S/C14H19ClN2/c15-13-5-6-14(16-9-13)17-8-7-11-3-1-2-4-12(11)10-17/h5-6,9,11-12H,1-4,7-8,10H2. The highest BCUT2D eigenvalue weighted by Crippen LogP contribution is 2.37. The molecule has 0 spiro atoms. The van der Waals surface area contributed by atoms with E-state index in [0.29, 0.717) is 0 Å². The highest BCUT2D eigenvalue weighted by Gasteiger charge is 2.31. The summed E-state index contributed by atoms with van der Waals surface area (Å²) in [6.07, 6.45) is 8.82. The van der Waals surface area contributed by atoms with Gasteiger partial charge < -0.3 is 4.90 Å². The van der Waals surface area contributed by atoms with Gasteiger partial charge >= 0.3 is 0 Å². The number of pyridine rings is 1. The van der Waals surface area contributed by atoms with Crippen LogP contribution in [0.5, 0.6) is 0 Å². The lowest BCUT2D eigenvalue weighted by Gasteiger charge is -2.41. The van der Waals surface area contributed by atoms with E-state index in [1.807, 2.05) is 12.1 Å². The lowest BCUT2D eigenvalue weighted by Crippen LogP contribution is -2.42. The van der Waals surface area contributed by atoms with Gasteiger partial charge in [-0.25, -0.2) is 4.98 Å². The van der Waals surface area contributed by atoms with Gasteiger partial charge in [-0.15, -0.1) is 0 Å². The number of rotatable bonds is 1. The van der Waals surface area contributed by atoms with Crippen LogP contribution in [0.3, 0.4) is 0 Å². The predicted molar refractivity (Wildman–Crippen MR) is 71.5 cm³/mol. The Labute approximate surface area is 108 Å². The monoisotopic (exact) mass is 250 g/mol. The summed E-state index contributed by atoms with van der Waals surface area (Å²) < 4.78 is 0. The number of fused-ring (bicyclic) bond motifs is 1. The van der Waals surface area contributed by atoms with Crippen LogP contribution in [0.4, 0.5) is 5.82 Å². The minimum atomic E-state index is 0.723. The van der Waals surface area contributed by atoms with Crippen molar-refractivity contribution in [2.75, 3.05) is 18.0 Å². The summed E-state index contributed by atoms with van der Waals surface area (Å²) in [6.45, 7) is 2.36. The van der Waals surface area contributed by atoms with Gasteiger partial charge in [-0.1, -0.05) is 30.9 Å². The molecule has 0 bridgehead atoms. The van der Waals surface area contributed by atoms with Gasteiger partial charge in [-0.2, -0.15) is 0 Å². The van der Waals surface area contributed by atoms with Gasteiger partial charge in [-0.3, -0.25) is 0 Å². The van der Waals surface area contributed by atoms with E-state index in [9.17, 15) is 0 Å². The number of hydrogen-bond acceptors (Lipinski definition) is 2. The van der Waals surface area contributed by atoms with Crippen molar-refractivity contribution in [3.63, 3.8) is 0 Å². The summed E-state index contributed by atoms with van der Waals surface area (Å²) >= 11 is 5.88. The van der Waals surface area contributed by atoms with Crippen molar-refractivity contribution < 1.29 is 0 Å². The molecule has 1 aliphatic heterocycles. The number of piperidine rings is 1. The number of halogens is 1. The van der Waals surface area contributed by atoms with Gasteiger partial charge in [-0.05, 0) is 36.8 Å². The lowest BCUT2D eigenvalue weighted by molar-refractivity contribution is 0.202. The highest BCUT2D eigenvalue weighted by atomic mass is 35.5. The molecule has 3 rings (SSSR count). The Balaban J connectivity index is 1.71. The molecular weight excluding hydrogens is 232 g/mol. The van der Waals surface area contributed by atoms with Crippen molar-refractivity contribution in [1.29, 1.82) is 0 Å². The Bertz CT molecular complexity index is 376. The van der Waals surface area contributed by atoms with Crippen molar-refractivity contribution >= 4 is 17.4 Å². The first-order chi connectivity index (χ1) is 8.33. The molecule has 1 aromatic heterocycles. The first kappa shape index (κ1) is 11.3. The van der Waals surface area contributed by atoms with Crippen LogP contribution in [0, 0.1) is 11.8 Å². The maximum atomic E-state index is 5.88. The van der Waals surface area contributed by atoms with Crippen molar-refractivity contribution in [3.8, 4) is 0 Å². The van der Waals surface area contributed by atoms with E-state index in [1.54, 1.807) is 6.20 Å². The van der Waals surface area contributed by atoms with E-state index in [-0.39, 0.29) is 0 Å². The molecule has 17 heavy (non-hydrogen) atoms. The molecule has 2 aliphatic rings. The molecule has 2 unspecified atom stereocenters. The second-order valence-electron chi connectivity index (χ2n) is 5.37. The maximum absolute atomic E-state index is 5.88. The van der Waals surface area contributed by atoms with Crippen LogP contribution in [0.15, 0.2) is 18.3 Å². The quantitative estimate of drug-likeness (QED) is 0.755. The van der Waals surface area contributed by atoms with Crippen LogP contribution in [0.1, 0.15) is 32.1 Å². The molecule has 1 aromatic rings. The molecule has 0 amide bonds. The van der Waals surface area contributed by atoms with Crippen LogP contribution in [-0.4, -0.2) is 18.1 Å². The van der Waals surface area contributed by atoms with E-state index >= 15 is 0 Å². The minimum absolute atomic E-state index is 0.723. The molecule has 3 heteroatoms.